The van der Waals surface area contributed by atoms with E-state index in [0.29, 0.717) is 0 Å². The van der Waals surface area contributed by atoms with Crippen LogP contribution in [-0.4, -0.2) is 10.9 Å². The van der Waals surface area contributed by atoms with Crippen LogP contribution in [0.5, 0.6) is 5.75 Å². The second-order valence-corrected chi connectivity index (χ2v) is 3.70. The summed E-state index contributed by atoms with van der Waals surface area (Å²) < 4.78 is 13.3. The molecule has 0 aliphatic heterocycles. The first kappa shape index (κ1) is 10.5. The number of rotatable bonds is 1. The van der Waals surface area contributed by atoms with Crippen molar-refractivity contribution in [2.75, 3.05) is 0 Å². The number of ketones is 1. The number of benzene rings is 1. The summed E-state index contributed by atoms with van der Waals surface area (Å²) in [4.78, 5) is 10.9. The van der Waals surface area contributed by atoms with Crippen molar-refractivity contribution in [1.29, 1.82) is 0 Å². The molecule has 0 saturated carbocycles. The van der Waals surface area contributed by atoms with Gasteiger partial charge in [-0.25, -0.2) is 4.39 Å². The number of aromatic hydroxyl groups is 1. The van der Waals surface area contributed by atoms with E-state index in [-0.39, 0.29) is 15.1 Å². The van der Waals surface area contributed by atoms with Crippen LogP contribution in [0.4, 0.5) is 4.39 Å². The monoisotopic (exact) mass is 266 g/mol. The van der Waals surface area contributed by atoms with Gasteiger partial charge in [-0.3, -0.25) is 4.79 Å². The Balaban J connectivity index is 3.56. The molecule has 0 atom stereocenters. The van der Waals surface area contributed by atoms with Gasteiger partial charge in [-0.2, -0.15) is 0 Å². The highest BCUT2D eigenvalue weighted by molar-refractivity contribution is 9.10. The lowest BCUT2D eigenvalue weighted by Crippen LogP contribution is -1.99. The number of hydrogen-bond donors (Lipinski definition) is 1. The molecular weight excluding hydrogens is 262 g/mol. The van der Waals surface area contributed by atoms with Crippen molar-refractivity contribution in [2.45, 2.75) is 6.92 Å². The van der Waals surface area contributed by atoms with Gasteiger partial charge in [-0.1, -0.05) is 11.6 Å². The van der Waals surface area contributed by atoms with Crippen molar-refractivity contribution in [3.63, 3.8) is 0 Å². The Morgan fingerprint density at radius 1 is 1.69 bits per heavy atom. The normalized spacial score (nSPS) is 10.2. The summed E-state index contributed by atoms with van der Waals surface area (Å²) in [5.74, 6) is -1.89. The molecule has 0 bridgehead atoms. The number of halogens is 3. The molecule has 0 saturated heterocycles. The minimum absolute atomic E-state index is 0.0560. The van der Waals surface area contributed by atoms with Crippen molar-refractivity contribution >= 4 is 33.3 Å². The maximum Gasteiger partial charge on any atom is 0.166 e. The number of phenolic OH excluding ortho intramolecular Hbond substituents is 1. The number of hydrogen-bond acceptors (Lipinski definition) is 2. The van der Waals surface area contributed by atoms with Gasteiger partial charge in [0.25, 0.3) is 0 Å². The zero-order chi connectivity index (χ0) is 10.2. The highest BCUT2D eigenvalue weighted by Crippen LogP contribution is 2.34. The molecule has 0 amide bonds. The smallest absolute Gasteiger partial charge is 0.166 e. The Labute approximate surface area is 87.5 Å². The lowest BCUT2D eigenvalue weighted by molar-refractivity contribution is 0.101. The third-order valence-electron chi connectivity index (χ3n) is 1.50. The minimum atomic E-state index is -0.797. The SMILES string of the molecule is CC(=O)c1c(O)c(Cl)cc(Br)c1F. The van der Waals surface area contributed by atoms with Crippen LogP contribution in [0.25, 0.3) is 0 Å². The zero-order valence-electron chi connectivity index (χ0n) is 6.57. The topological polar surface area (TPSA) is 37.3 Å². The molecule has 0 radical (unpaired) electrons. The van der Waals surface area contributed by atoms with Gasteiger partial charge in [0.05, 0.1) is 15.1 Å². The van der Waals surface area contributed by atoms with Crippen molar-refractivity contribution in [1.82, 2.24) is 0 Å². The Bertz CT molecular complexity index is 353. The van der Waals surface area contributed by atoms with Crippen LogP contribution in [0.15, 0.2) is 10.5 Å². The van der Waals surface area contributed by atoms with Gasteiger partial charge in [-0.05, 0) is 28.9 Å². The van der Waals surface area contributed by atoms with E-state index < -0.39 is 17.3 Å². The van der Waals surface area contributed by atoms with Gasteiger partial charge >= 0.3 is 0 Å². The number of carbonyl (C=O) groups is 1. The highest BCUT2D eigenvalue weighted by atomic mass is 79.9. The lowest BCUT2D eigenvalue weighted by atomic mass is 10.1. The summed E-state index contributed by atoms with van der Waals surface area (Å²) in [7, 11) is 0. The molecule has 2 nitrogen and oxygen atoms in total. The lowest BCUT2D eigenvalue weighted by Gasteiger charge is -2.05. The Morgan fingerprint density at radius 2 is 2.23 bits per heavy atom. The molecule has 0 aromatic heterocycles. The second-order valence-electron chi connectivity index (χ2n) is 2.43. The molecule has 1 aromatic carbocycles. The third-order valence-corrected chi connectivity index (χ3v) is 2.36. The van der Waals surface area contributed by atoms with Crippen molar-refractivity contribution in [3.05, 3.63) is 26.9 Å². The molecule has 0 fully saturated rings. The maximum absolute atomic E-state index is 13.2. The predicted molar refractivity (Wildman–Crippen MR) is 50.8 cm³/mol. The number of Topliss-reactive ketones (excluding diaryl/α,β-unsaturated/α-hetero) is 1. The Kier molecular flexibility index (Phi) is 2.93. The van der Waals surface area contributed by atoms with E-state index in [9.17, 15) is 14.3 Å². The van der Waals surface area contributed by atoms with Gasteiger partial charge in [0.1, 0.15) is 5.75 Å². The Morgan fingerprint density at radius 3 is 2.69 bits per heavy atom. The summed E-state index contributed by atoms with van der Waals surface area (Å²) in [5, 5.41) is 9.20. The zero-order valence-corrected chi connectivity index (χ0v) is 8.91. The molecule has 70 valence electrons. The van der Waals surface area contributed by atoms with Gasteiger partial charge in [0.15, 0.2) is 11.6 Å². The first-order chi connectivity index (χ1) is 5.95. The summed E-state index contributed by atoms with van der Waals surface area (Å²) >= 11 is 8.41. The average molecular weight is 267 g/mol. The van der Waals surface area contributed by atoms with E-state index in [1.54, 1.807) is 0 Å². The molecule has 13 heavy (non-hydrogen) atoms. The van der Waals surface area contributed by atoms with E-state index in [1.165, 1.54) is 6.07 Å². The van der Waals surface area contributed by atoms with Crippen molar-refractivity contribution in [2.24, 2.45) is 0 Å². The molecule has 0 unspecified atom stereocenters. The number of phenols is 1. The van der Waals surface area contributed by atoms with E-state index in [1.807, 2.05) is 0 Å². The van der Waals surface area contributed by atoms with Crippen LogP contribution in [0, 0.1) is 5.82 Å². The largest absolute Gasteiger partial charge is 0.506 e. The van der Waals surface area contributed by atoms with Crippen molar-refractivity contribution in [3.8, 4) is 5.75 Å². The summed E-state index contributed by atoms with van der Waals surface area (Å²) in [5.41, 5.74) is -0.389. The van der Waals surface area contributed by atoms with E-state index in [2.05, 4.69) is 15.9 Å². The molecule has 0 aliphatic rings. The fraction of sp³-hybridized carbons (Fsp3) is 0.125. The minimum Gasteiger partial charge on any atom is -0.506 e. The fourth-order valence-corrected chi connectivity index (χ4v) is 1.67. The van der Waals surface area contributed by atoms with Gasteiger partial charge in [0.2, 0.25) is 0 Å². The van der Waals surface area contributed by atoms with Crippen LogP contribution >= 0.6 is 27.5 Å². The first-order valence-corrected chi connectivity index (χ1v) is 4.49. The molecule has 5 heteroatoms. The summed E-state index contributed by atoms with van der Waals surface area (Å²) in [6, 6.07) is 1.19. The van der Waals surface area contributed by atoms with Crippen LogP contribution in [-0.2, 0) is 0 Å². The fourth-order valence-electron chi connectivity index (χ4n) is 0.907. The predicted octanol–water partition coefficient (Wildman–Crippen LogP) is 3.15. The molecule has 1 aromatic rings. The quantitative estimate of drug-likeness (QED) is 0.627. The molecule has 0 spiro atoms. The van der Waals surface area contributed by atoms with E-state index in [4.69, 9.17) is 11.6 Å². The van der Waals surface area contributed by atoms with Gasteiger partial charge < -0.3 is 5.11 Å². The van der Waals surface area contributed by atoms with Crippen LogP contribution in [0.2, 0.25) is 5.02 Å². The molecule has 1 N–H and O–H groups in total. The molecule has 0 heterocycles. The van der Waals surface area contributed by atoms with Crippen molar-refractivity contribution < 1.29 is 14.3 Å². The highest BCUT2D eigenvalue weighted by Gasteiger charge is 2.18. The van der Waals surface area contributed by atoms with Crippen LogP contribution in [0.1, 0.15) is 17.3 Å². The standard InChI is InChI=1S/C8H5BrClFO2/c1-3(12)6-7(11)4(9)2-5(10)8(6)13/h2,13H,1H3. The second kappa shape index (κ2) is 3.64. The first-order valence-electron chi connectivity index (χ1n) is 3.32. The van der Waals surface area contributed by atoms with Gasteiger partial charge in [-0.15, -0.1) is 0 Å². The van der Waals surface area contributed by atoms with Crippen LogP contribution < -0.4 is 0 Å². The van der Waals surface area contributed by atoms with Gasteiger partial charge in [0, 0.05) is 0 Å². The summed E-state index contributed by atoms with van der Waals surface area (Å²) in [6.45, 7) is 1.15. The molecule has 0 aliphatic carbocycles. The average Bonchev–Trinajstić information content (AvgIpc) is 2.01. The molecule has 1 rings (SSSR count). The Hall–Kier alpha value is -0.610. The third kappa shape index (κ3) is 1.84. The maximum atomic E-state index is 13.2. The summed E-state index contributed by atoms with van der Waals surface area (Å²) in [6.07, 6.45) is 0. The van der Waals surface area contributed by atoms with Crippen LogP contribution in [0.3, 0.4) is 0 Å². The number of carbonyl (C=O) groups excluding carboxylic acids is 1. The van der Waals surface area contributed by atoms with E-state index in [0.717, 1.165) is 6.92 Å². The van der Waals surface area contributed by atoms with E-state index >= 15 is 0 Å². The molecular formula is C8H5BrClFO2.